The van der Waals surface area contributed by atoms with E-state index in [0.717, 1.165) is 11.3 Å². The van der Waals surface area contributed by atoms with Crippen LogP contribution in [0.4, 0.5) is 5.69 Å². The van der Waals surface area contributed by atoms with E-state index in [1.54, 1.807) is 11.8 Å². The predicted molar refractivity (Wildman–Crippen MR) is 57.0 cm³/mol. The lowest BCUT2D eigenvalue weighted by molar-refractivity contribution is -0.137. The highest BCUT2D eigenvalue weighted by molar-refractivity contribution is 7.98. The molecule has 1 aliphatic heterocycles. The molecular formula is C10H11NO2S. The number of fused-ring (bicyclic) bond motifs is 1. The van der Waals surface area contributed by atoms with Crippen LogP contribution in [0.15, 0.2) is 23.1 Å². The van der Waals surface area contributed by atoms with Gasteiger partial charge in [-0.15, -0.1) is 11.8 Å². The van der Waals surface area contributed by atoms with Crippen LogP contribution >= 0.6 is 11.8 Å². The molecule has 74 valence electrons. The van der Waals surface area contributed by atoms with Crippen molar-refractivity contribution in [1.29, 1.82) is 0 Å². The van der Waals surface area contributed by atoms with Crippen LogP contribution in [0.25, 0.3) is 0 Å². The Bertz CT molecular complexity index is 378. The Balaban J connectivity index is 2.34. The molecule has 0 spiro atoms. The van der Waals surface area contributed by atoms with Gasteiger partial charge in [0.05, 0.1) is 0 Å². The number of thioether (sulfide) groups is 1. The number of anilines is 1. The van der Waals surface area contributed by atoms with Crippen molar-refractivity contribution in [3.63, 3.8) is 0 Å². The third-order valence-corrected chi connectivity index (χ3v) is 3.21. The molecule has 0 amide bonds. The molecule has 14 heavy (non-hydrogen) atoms. The lowest BCUT2D eigenvalue weighted by Crippen LogP contribution is -2.26. The molecule has 1 aromatic rings. The van der Waals surface area contributed by atoms with Gasteiger partial charge in [0.15, 0.2) is 0 Å². The molecule has 0 saturated heterocycles. The van der Waals surface area contributed by atoms with Crippen LogP contribution in [-0.2, 0) is 11.2 Å². The summed E-state index contributed by atoms with van der Waals surface area (Å²) in [7, 11) is 0. The van der Waals surface area contributed by atoms with Gasteiger partial charge in [0, 0.05) is 17.0 Å². The van der Waals surface area contributed by atoms with Gasteiger partial charge in [-0.05, 0) is 24.0 Å². The number of carboxylic acid groups (broad SMARTS) is 1. The van der Waals surface area contributed by atoms with E-state index in [1.807, 2.05) is 24.5 Å². The first-order valence-electron chi connectivity index (χ1n) is 4.37. The summed E-state index contributed by atoms with van der Waals surface area (Å²) in [6.07, 6.45) is 2.59. The SMILES string of the molecule is CSc1cccc2c1CC(C(=O)O)N2. The Hall–Kier alpha value is -1.16. The van der Waals surface area contributed by atoms with Crippen molar-refractivity contribution in [2.24, 2.45) is 0 Å². The van der Waals surface area contributed by atoms with Crippen molar-refractivity contribution in [3.8, 4) is 0 Å². The fraction of sp³-hybridized carbons (Fsp3) is 0.300. The molecular weight excluding hydrogens is 198 g/mol. The van der Waals surface area contributed by atoms with E-state index in [2.05, 4.69) is 5.32 Å². The van der Waals surface area contributed by atoms with Gasteiger partial charge in [0.2, 0.25) is 0 Å². The van der Waals surface area contributed by atoms with Gasteiger partial charge < -0.3 is 10.4 Å². The average Bonchev–Trinajstić information content (AvgIpc) is 2.60. The Morgan fingerprint density at radius 2 is 2.43 bits per heavy atom. The number of carbonyl (C=O) groups is 1. The fourth-order valence-corrected chi connectivity index (χ4v) is 2.35. The van der Waals surface area contributed by atoms with Gasteiger partial charge in [0.1, 0.15) is 6.04 Å². The molecule has 0 saturated carbocycles. The molecule has 1 aromatic carbocycles. The molecule has 0 fully saturated rings. The second-order valence-corrected chi connectivity index (χ2v) is 4.07. The van der Waals surface area contributed by atoms with Crippen LogP contribution in [0, 0.1) is 0 Å². The highest BCUT2D eigenvalue weighted by Gasteiger charge is 2.27. The first-order valence-corrected chi connectivity index (χ1v) is 5.60. The largest absolute Gasteiger partial charge is 0.480 e. The summed E-state index contributed by atoms with van der Waals surface area (Å²) >= 11 is 1.65. The second-order valence-electron chi connectivity index (χ2n) is 3.23. The summed E-state index contributed by atoms with van der Waals surface area (Å²) < 4.78 is 0. The molecule has 1 unspecified atom stereocenters. The minimum Gasteiger partial charge on any atom is -0.480 e. The van der Waals surface area contributed by atoms with E-state index in [-0.39, 0.29) is 0 Å². The fourth-order valence-electron chi connectivity index (χ4n) is 1.69. The van der Waals surface area contributed by atoms with Crippen LogP contribution in [-0.4, -0.2) is 23.4 Å². The van der Waals surface area contributed by atoms with Crippen LogP contribution in [0.2, 0.25) is 0 Å². The summed E-state index contributed by atoms with van der Waals surface area (Å²) in [5.74, 6) is -0.784. The summed E-state index contributed by atoms with van der Waals surface area (Å²) in [6.45, 7) is 0. The van der Waals surface area contributed by atoms with Crippen LogP contribution in [0.1, 0.15) is 5.56 Å². The number of hydrogen-bond acceptors (Lipinski definition) is 3. The van der Waals surface area contributed by atoms with Crippen LogP contribution < -0.4 is 5.32 Å². The minimum absolute atomic E-state index is 0.460. The summed E-state index contributed by atoms with van der Waals surface area (Å²) in [5, 5.41) is 11.9. The summed E-state index contributed by atoms with van der Waals surface area (Å²) in [4.78, 5) is 12.0. The first kappa shape index (κ1) is 9.40. The lowest BCUT2D eigenvalue weighted by atomic mass is 10.1. The second kappa shape index (κ2) is 3.53. The van der Waals surface area contributed by atoms with Crippen molar-refractivity contribution < 1.29 is 9.90 Å². The van der Waals surface area contributed by atoms with Crippen molar-refractivity contribution >= 4 is 23.4 Å². The predicted octanol–water partition coefficient (Wildman–Crippen LogP) is 1.83. The lowest BCUT2D eigenvalue weighted by Gasteiger charge is -2.03. The Morgan fingerprint density at radius 1 is 1.64 bits per heavy atom. The molecule has 1 aliphatic rings. The van der Waals surface area contributed by atoms with Gasteiger partial charge in [-0.2, -0.15) is 0 Å². The van der Waals surface area contributed by atoms with E-state index in [9.17, 15) is 4.79 Å². The number of hydrogen-bond donors (Lipinski definition) is 2. The normalized spacial score (nSPS) is 18.8. The van der Waals surface area contributed by atoms with Gasteiger partial charge in [-0.3, -0.25) is 0 Å². The number of carboxylic acids is 1. The Kier molecular flexibility index (Phi) is 2.37. The zero-order chi connectivity index (χ0) is 10.1. The Labute approximate surface area is 86.5 Å². The maximum Gasteiger partial charge on any atom is 0.326 e. The smallest absolute Gasteiger partial charge is 0.326 e. The van der Waals surface area contributed by atoms with Crippen molar-refractivity contribution in [2.45, 2.75) is 17.4 Å². The molecule has 3 nitrogen and oxygen atoms in total. The highest BCUT2D eigenvalue weighted by atomic mass is 32.2. The van der Waals surface area contributed by atoms with E-state index >= 15 is 0 Å². The first-order chi connectivity index (χ1) is 6.72. The number of benzene rings is 1. The topological polar surface area (TPSA) is 49.3 Å². The van der Waals surface area contributed by atoms with Crippen LogP contribution in [0.5, 0.6) is 0 Å². The van der Waals surface area contributed by atoms with Crippen molar-refractivity contribution in [1.82, 2.24) is 0 Å². The molecule has 0 radical (unpaired) electrons. The average molecular weight is 209 g/mol. The summed E-state index contributed by atoms with van der Waals surface area (Å²) in [6, 6.07) is 5.44. The van der Waals surface area contributed by atoms with E-state index in [4.69, 9.17) is 5.11 Å². The number of nitrogens with one attached hydrogen (secondary N) is 1. The molecule has 1 heterocycles. The van der Waals surface area contributed by atoms with E-state index in [1.165, 1.54) is 4.90 Å². The van der Waals surface area contributed by atoms with Gasteiger partial charge in [0.25, 0.3) is 0 Å². The van der Waals surface area contributed by atoms with Crippen molar-refractivity contribution in [3.05, 3.63) is 23.8 Å². The van der Waals surface area contributed by atoms with Gasteiger partial charge in [-0.25, -0.2) is 4.79 Å². The van der Waals surface area contributed by atoms with Gasteiger partial charge in [-0.1, -0.05) is 6.07 Å². The third kappa shape index (κ3) is 1.46. The zero-order valence-corrected chi connectivity index (χ0v) is 8.60. The van der Waals surface area contributed by atoms with Crippen LogP contribution in [0.3, 0.4) is 0 Å². The molecule has 4 heteroatoms. The third-order valence-electron chi connectivity index (χ3n) is 2.39. The maximum atomic E-state index is 10.8. The Morgan fingerprint density at radius 3 is 3.07 bits per heavy atom. The minimum atomic E-state index is -0.784. The molecule has 0 bridgehead atoms. The molecule has 0 aliphatic carbocycles. The van der Waals surface area contributed by atoms with Crippen molar-refractivity contribution in [2.75, 3.05) is 11.6 Å². The molecule has 2 N–H and O–H groups in total. The number of rotatable bonds is 2. The quantitative estimate of drug-likeness (QED) is 0.730. The summed E-state index contributed by atoms with van der Waals surface area (Å²) in [5.41, 5.74) is 2.09. The molecule has 2 rings (SSSR count). The van der Waals surface area contributed by atoms with Gasteiger partial charge >= 0.3 is 5.97 Å². The molecule has 1 atom stereocenters. The van der Waals surface area contributed by atoms with E-state index < -0.39 is 12.0 Å². The zero-order valence-electron chi connectivity index (χ0n) is 7.78. The molecule has 0 aromatic heterocycles. The number of aliphatic carboxylic acids is 1. The van der Waals surface area contributed by atoms with E-state index in [0.29, 0.717) is 6.42 Å². The maximum absolute atomic E-state index is 10.8. The highest BCUT2D eigenvalue weighted by Crippen LogP contribution is 2.33. The standard InChI is InChI=1S/C10H11NO2S/c1-14-9-4-2-3-7-6(9)5-8(11-7)10(12)13/h2-4,8,11H,5H2,1H3,(H,12,13). The monoisotopic (exact) mass is 209 g/mol.